The van der Waals surface area contributed by atoms with E-state index < -0.39 is 11.8 Å². The minimum atomic E-state index is -0.658. The van der Waals surface area contributed by atoms with Crippen molar-refractivity contribution >= 4 is 17.6 Å². The van der Waals surface area contributed by atoms with Gasteiger partial charge in [0.25, 0.3) is 11.8 Å². The number of hydrogen-bond acceptors (Lipinski definition) is 5. The summed E-state index contributed by atoms with van der Waals surface area (Å²) in [6.45, 7) is 2.13. The van der Waals surface area contributed by atoms with Crippen molar-refractivity contribution in [2.75, 3.05) is 18.5 Å². The third kappa shape index (κ3) is 3.98. The normalized spacial score (nSPS) is 10.0. The highest BCUT2D eigenvalue weighted by Gasteiger charge is 2.11. The Bertz CT molecular complexity index is 668. The van der Waals surface area contributed by atoms with Gasteiger partial charge in [-0.3, -0.25) is 14.7 Å². The van der Waals surface area contributed by atoms with E-state index in [1.807, 2.05) is 13.0 Å². The summed E-state index contributed by atoms with van der Waals surface area (Å²) in [7, 11) is 0. The van der Waals surface area contributed by atoms with Gasteiger partial charge in [0.2, 0.25) is 0 Å². The highest BCUT2D eigenvalue weighted by Crippen LogP contribution is 2.26. The van der Waals surface area contributed by atoms with Crippen molar-refractivity contribution in [3.8, 4) is 11.5 Å². The van der Waals surface area contributed by atoms with Crippen LogP contribution in [0.3, 0.4) is 0 Å². The summed E-state index contributed by atoms with van der Waals surface area (Å²) < 4.78 is 10.8. The number of nitrogens with one attached hydrogen (secondary N) is 2. The zero-order valence-electron chi connectivity index (χ0n) is 12.0. The van der Waals surface area contributed by atoms with E-state index in [9.17, 15) is 9.59 Å². The van der Waals surface area contributed by atoms with Crippen molar-refractivity contribution in [3.63, 3.8) is 0 Å². The van der Waals surface area contributed by atoms with E-state index >= 15 is 0 Å². The number of H-pyrrole nitrogens is 1. The number of nitrogens with zero attached hydrogens (tertiary/aromatic N) is 1. The van der Waals surface area contributed by atoms with Crippen molar-refractivity contribution in [1.29, 1.82) is 0 Å². The quantitative estimate of drug-likeness (QED) is 0.702. The van der Waals surface area contributed by atoms with E-state index in [2.05, 4.69) is 15.5 Å². The summed E-state index contributed by atoms with van der Waals surface area (Å²) in [6.07, 6.45) is 0. The molecule has 0 saturated heterocycles. The smallest absolute Gasteiger partial charge is 0.266 e. The molecule has 0 aliphatic heterocycles. The number of primary amides is 1. The molecule has 0 aliphatic carbocycles. The lowest BCUT2D eigenvalue weighted by Crippen LogP contribution is -2.20. The van der Waals surface area contributed by atoms with Crippen molar-refractivity contribution in [2.45, 2.75) is 6.92 Å². The van der Waals surface area contributed by atoms with Crippen LogP contribution in [0.1, 0.15) is 17.4 Å². The van der Waals surface area contributed by atoms with Crippen LogP contribution in [0.15, 0.2) is 30.3 Å². The number of anilines is 1. The number of nitrogens with two attached hydrogens (primary N) is 1. The highest BCUT2D eigenvalue weighted by atomic mass is 16.5. The molecule has 0 radical (unpaired) electrons. The predicted octanol–water partition coefficient (Wildman–Crippen LogP) is 0.925. The van der Waals surface area contributed by atoms with Crippen LogP contribution in [0, 0.1) is 0 Å². The van der Waals surface area contributed by atoms with Gasteiger partial charge in [-0.2, -0.15) is 5.10 Å². The Hall–Kier alpha value is -3.03. The van der Waals surface area contributed by atoms with E-state index in [4.69, 9.17) is 15.2 Å². The molecule has 22 heavy (non-hydrogen) atoms. The summed E-state index contributed by atoms with van der Waals surface area (Å²) in [5.74, 6) is 0.150. The molecule has 1 aromatic heterocycles. The van der Waals surface area contributed by atoms with Crippen LogP contribution in [0.4, 0.5) is 5.82 Å². The Kier molecular flexibility index (Phi) is 4.97. The second-order valence-corrected chi connectivity index (χ2v) is 4.25. The van der Waals surface area contributed by atoms with Crippen LogP contribution >= 0.6 is 0 Å². The number of hydrogen-bond donors (Lipinski definition) is 3. The minimum Gasteiger partial charge on any atom is -0.490 e. The van der Waals surface area contributed by atoms with Gasteiger partial charge in [0.05, 0.1) is 6.61 Å². The van der Waals surface area contributed by atoms with Gasteiger partial charge in [-0.25, -0.2) is 0 Å². The Morgan fingerprint density at radius 2 is 1.95 bits per heavy atom. The second kappa shape index (κ2) is 7.11. The first-order chi connectivity index (χ1) is 10.6. The van der Waals surface area contributed by atoms with Crippen LogP contribution in [0.2, 0.25) is 0 Å². The first-order valence-corrected chi connectivity index (χ1v) is 6.60. The number of aromatic amines is 1. The maximum atomic E-state index is 11.8. The molecular weight excluding hydrogens is 288 g/mol. The Balaban J connectivity index is 1.91. The van der Waals surface area contributed by atoms with Gasteiger partial charge in [-0.1, -0.05) is 12.1 Å². The Labute approximate surface area is 126 Å². The minimum absolute atomic E-state index is 0.109. The van der Waals surface area contributed by atoms with Crippen molar-refractivity contribution < 1.29 is 19.1 Å². The zero-order chi connectivity index (χ0) is 15.9. The Morgan fingerprint density at radius 1 is 1.27 bits per heavy atom. The summed E-state index contributed by atoms with van der Waals surface area (Å²) in [6, 6.07) is 8.39. The molecule has 1 aromatic carbocycles. The molecule has 0 saturated carbocycles. The molecule has 1 heterocycles. The maximum Gasteiger partial charge on any atom is 0.266 e. The molecule has 2 amide bonds. The van der Waals surface area contributed by atoms with Crippen LogP contribution in [-0.4, -0.2) is 35.2 Å². The van der Waals surface area contributed by atoms with Crippen molar-refractivity contribution in [1.82, 2.24) is 10.2 Å². The Morgan fingerprint density at radius 3 is 2.55 bits per heavy atom. The zero-order valence-corrected chi connectivity index (χ0v) is 12.0. The average Bonchev–Trinajstić information content (AvgIpc) is 2.95. The number of amides is 2. The number of carbonyl (C=O) groups is 2. The van der Waals surface area contributed by atoms with Crippen LogP contribution in [-0.2, 0) is 4.79 Å². The fourth-order valence-corrected chi connectivity index (χ4v) is 1.68. The number of para-hydroxylation sites is 2. The summed E-state index contributed by atoms with van der Waals surface area (Å²) in [4.78, 5) is 22.7. The molecular formula is C14H16N4O4. The number of ether oxygens (including phenoxy) is 2. The number of rotatable bonds is 7. The third-order valence-electron chi connectivity index (χ3n) is 2.62. The van der Waals surface area contributed by atoms with Crippen LogP contribution < -0.4 is 20.5 Å². The molecule has 0 aliphatic rings. The molecule has 0 fully saturated rings. The maximum absolute atomic E-state index is 11.8. The van der Waals surface area contributed by atoms with Gasteiger partial charge in [0.15, 0.2) is 23.9 Å². The van der Waals surface area contributed by atoms with Gasteiger partial charge in [-0.15, -0.1) is 0 Å². The van der Waals surface area contributed by atoms with Gasteiger partial charge >= 0.3 is 0 Å². The number of benzene rings is 1. The lowest BCUT2D eigenvalue weighted by Gasteiger charge is -2.10. The molecule has 0 bridgehead atoms. The first-order valence-electron chi connectivity index (χ1n) is 6.60. The lowest BCUT2D eigenvalue weighted by molar-refractivity contribution is -0.118. The molecule has 4 N–H and O–H groups in total. The van der Waals surface area contributed by atoms with E-state index in [1.165, 1.54) is 6.07 Å². The van der Waals surface area contributed by atoms with Crippen molar-refractivity contribution in [3.05, 3.63) is 36.0 Å². The fourth-order valence-electron chi connectivity index (χ4n) is 1.68. The van der Waals surface area contributed by atoms with Crippen LogP contribution in [0.5, 0.6) is 11.5 Å². The summed E-state index contributed by atoms with van der Waals surface area (Å²) in [5, 5.41) is 8.64. The fraction of sp³-hybridized carbons (Fsp3) is 0.214. The van der Waals surface area contributed by atoms with E-state index in [0.717, 1.165) is 0 Å². The van der Waals surface area contributed by atoms with Crippen LogP contribution in [0.25, 0.3) is 0 Å². The summed E-state index contributed by atoms with van der Waals surface area (Å²) >= 11 is 0. The molecule has 116 valence electrons. The van der Waals surface area contributed by atoms with Gasteiger partial charge in [0, 0.05) is 6.07 Å². The SMILES string of the molecule is CCOc1ccccc1OCC(=O)Nc1cc(C(N)=O)[nH]n1. The molecule has 8 heteroatoms. The second-order valence-electron chi connectivity index (χ2n) is 4.25. The van der Waals surface area contributed by atoms with E-state index in [-0.39, 0.29) is 18.1 Å². The van der Waals surface area contributed by atoms with Gasteiger partial charge in [0.1, 0.15) is 5.69 Å². The molecule has 2 aromatic rings. The van der Waals surface area contributed by atoms with E-state index in [1.54, 1.807) is 18.2 Å². The monoisotopic (exact) mass is 304 g/mol. The van der Waals surface area contributed by atoms with Gasteiger partial charge < -0.3 is 20.5 Å². The molecule has 2 rings (SSSR count). The topological polar surface area (TPSA) is 119 Å². The predicted molar refractivity (Wildman–Crippen MR) is 78.8 cm³/mol. The first kappa shape index (κ1) is 15.4. The highest BCUT2D eigenvalue weighted by molar-refractivity contribution is 5.94. The number of carbonyl (C=O) groups excluding carboxylic acids is 2. The largest absolute Gasteiger partial charge is 0.490 e. The molecule has 0 atom stereocenters. The third-order valence-corrected chi connectivity index (χ3v) is 2.62. The average molecular weight is 304 g/mol. The standard InChI is InChI=1S/C14H16N4O4/c1-2-21-10-5-3-4-6-11(10)22-8-13(19)16-12-7-9(14(15)20)17-18-12/h3-7H,2,8H2,1H3,(H2,15,20)(H2,16,17,18,19). The lowest BCUT2D eigenvalue weighted by atomic mass is 10.3. The van der Waals surface area contributed by atoms with Crippen molar-refractivity contribution in [2.24, 2.45) is 5.73 Å². The summed E-state index contributed by atoms with van der Waals surface area (Å²) in [5.41, 5.74) is 5.19. The van der Waals surface area contributed by atoms with Gasteiger partial charge in [-0.05, 0) is 19.1 Å². The van der Waals surface area contributed by atoms with E-state index in [0.29, 0.717) is 18.1 Å². The molecule has 0 unspecified atom stereocenters. The number of aromatic nitrogens is 2. The molecule has 0 spiro atoms. The molecule has 8 nitrogen and oxygen atoms in total.